The van der Waals surface area contributed by atoms with Crippen LogP contribution in [-0.2, 0) is 9.53 Å². The maximum absolute atomic E-state index is 12.6. The summed E-state index contributed by atoms with van der Waals surface area (Å²) >= 11 is 5.70. The van der Waals surface area contributed by atoms with Gasteiger partial charge in [-0.15, -0.1) is 0 Å². The third-order valence-electron chi connectivity index (χ3n) is 1.69. The molecule has 0 aliphatic rings. The quantitative estimate of drug-likeness (QED) is 0.513. The molecule has 0 fully saturated rings. The number of hydrazine groups is 1. The van der Waals surface area contributed by atoms with Crippen LogP contribution in [0.2, 0.25) is 5.02 Å². The lowest BCUT2D eigenvalue weighted by Crippen LogP contribution is -2.25. The van der Waals surface area contributed by atoms with E-state index in [2.05, 4.69) is 4.74 Å². The highest BCUT2D eigenvalue weighted by atomic mass is 35.5. The molecule has 1 aromatic rings. The van der Waals surface area contributed by atoms with Crippen LogP contribution in [0, 0.1) is 5.82 Å². The SMILES string of the molecule is CC(C)(C)OC=O.CN(N)c1cc(F)ccc1Cl. The minimum Gasteiger partial charge on any atom is -0.462 e. The Kier molecular flexibility index (Phi) is 6.65. The lowest BCUT2D eigenvalue weighted by molar-refractivity contribution is -0.138. The average Bonchev–Trinajstić information content (AvgIpc) is 2.20. The molecule has 0 heterocycles. The number of nitrogens with zero attached hydrogens (tertiary/aromatic N) is 1. The number of carbonyl (C=O) groups excluding carboxylic acids is 1. The molecule has 1 rings (SSSR count). The van der Waals surface area contributed by atoms with Gasteiger partial charge in [-0.2, -0.15) is 0 Å². The number of benzene rings is 1. The number of nitrogens with two attached hydrogens (primary N) is 1. The minimum absolute atomic E-state index is 0.318. The summed E-state index contributed by atoms with van der Waals surface area (Å²) in [4.78, 5) is 9.60. The topological polar surface area (TPSA) is 55.6 Å². The fourth-order valence-corrected chi connectivity index (χ4v) is 1.15. The van der Waals surface area contributed by atoms with Crippen LogP contribution in [0.1, 0.15) is 20.8 Å². The molecule has 0 radical (unpaired) electrons. The first-order valence-electron chi connectivity index (χ1n) is 5.22. The van der Waals surface area contributed by atoms with Crippen LogP contribution in [0.3, 0.4) is 0 Å². The summed E-state index contributed by atoms with van der Waals surface area (Å²) in [5.41, 5.74) is 0.161. The summed E-state index contributed by atoms with van der Waals surface area (Å²) in [6.07, 6.45) is 0. The van der Waals surface area contributed by atoms with Crippen molar-refractivity contribution in [2.45, 2.75) is 26.4 Å². The third kappa shape index (κ3) is 7.09. The van der Waals surface area contributed by atoms with Crippen molar-refractivity contribution in [1.82, 2.24) is 0 Å². The number of anilines is 1. The smallest absolute Gasteiger partial charge is 0.293 e. The van der Waals surface area contributed by atoms with Crippen molar-refractivity contribution < 1.29 is 13.9 Å². The van der Waals surface area contributed by atoms with Gasteiger partial charge in [-0.1, -0.05) is 11.6 Å². The van der Waals surface area contributed by atoms with Crippen LogP contribution < -0.4 is 10.9 Å². The zero-order valence-electron chi connectivity index (χ0n) is 10.9. The molecule has 0 saturated heterocycles. The number of carbonyl (C=O) groups is 1. The molecule has 0 aromatic heterocycles. The Hall–Kier alpha value is -1.33. The Morgan fingerprint density at radius 2 is 2.00 bits per heavy atom. The van der Waals surface area contributed by atoms with Crippen LogP contribution >= 0.6 is 11.6 Å². The minimum atomic E-state index is -0.346. The number of halogens is 2. The highest BCUT2D eigenvalue weighted by molar-refractivity contribution is 6.33. The van der Waals surface area contributed by atoms with E-state index in [4.69, 9.17) is 17.4 Å². The van der Waals surface area contributed by atoms with Crippen LogP contribution in [0.25, 0.3) is 0 Å². The molecule has 4 nitrogen and oxygen atoms in total. The Morgan fingerprint density at radius 3 is 2.28 bits per heavy atom. The van der Waals surface area contributed by atoms with Gasteiger partial charge in [-0.3, -0.25) is 4.79 Å². The van der Waals surface area contributed by atoms with Crippen molar-refractivity contribution in [3.05, 3.63) is 29.0 Å². The Labute approximate surface area is 111 Å². The Morgan fingerprint density at radius 1 is 1.44 bits per heavy atom. The lowest BCUT2D eigenvalue weighted by atomic mass is 10.2. The number of hydrogen-bond donors (Lipinski definition) is 1. The van der Waals surface area contributed by atoms with Gasteiger partial charge in [-0.25, -0.2) is 10.2 Å². The molecule has 0 spiro atoms. The largest absolute Gasteiger partial charge is 0.462 e. The fourth-order valence-electron chi connectivity index (χ4n) is 0.900. The first kappa shape index (κ1) is 16.7. The van der Waals surface area contributed by atoms with Crippen molar-refractivity contribution in [2.75, 3.05) is 12.1 Å². The van der Waals surface area contributed by atoms with E-state index in [9.17, 15) is 9.18 Å². The molecule has 0 amide bonds. The van der Waals surface area contributed by atoms with E-state index in [0.717, 1.165) is 0 Å². The molecule has 0 aliphatic carbocycles. The molecule has 0 aliphatic heterocycles. The van der Waals surface area contributed by atoms with Crippen molar-refractivity contribution >= 4 is 23.8 Å². The zero-order valence-corrected chi connectivity index (χ0v) is 11.7. The maximum atomic E-state index is 12.6. The predicted molar refractivity (Wildman–Crippen MR) is 70.9 cm³/mol. The van der Waals surface area contributed by atoms with Gasteiger partial charge in [0.2, 0.25) is 0 Å². The predicted octanol–water partition coefficient (Wildman–Crippen LogP) is 2.75. The van der Waals surface area contributed by atoms with Crippen LogP contribution in [0.5, 0.6) is 0 Å². The standard InChI is InChI=1S/C7H8ClFN2.C5H10O2/c1-11(10)7-4-5(9)2-3-6(7)8;1-5(2,3)7-4-6/h2-4H,10H2,1H3;4H,1-3H3. The first-order valence-corrected chi connectivity index (χ1v) is 5.60. The highest BCUT2D eigenvalue weighted by Gasteiger charge is 2.07. The molecule has 102 valence electrons. The molecule has 0 unspecified atom stereocenters. The van der Waals surface area contributed by atoms with Crippen molar-refractivity contribution in [1.29, 1.82) is 0 Å². The Bertz CT molecular complexity index is 392. The van der Waals surface area contributed by atoms with Crippen LogP contribution in [0.15, 0.2) is 18.2 Å². The van der Waals surface area contributed by atoms with Gasteiger partial charge in [0.05, 0.1) is 10.7 Å². The lowest BCUT2D eigenvalue weighted by Gasteiger charge is -2.14. The van der Waals surface area contributed by atoms with Gasteiger partial charge < -0.3 is 9.75 Å². The average molecular weight is 277 g/mol. The molecule has 0 saturated carbocycles. The first-order chi connectivity index (χ1) is 8.17. The summed E-state index contributed by atoms with van der Waals surface area (Å²) in [5.74, 6) is 5.02. The zero-order chi connectivity index (χ0) is 14.3. The molecule has 0 bridgehead atoms. The van der Waals surface area contributed by atoms with E-state index < -0.39 is 0 Å². The fraction of sp³-hybridized carbons (Fsp3) is 0.417. The van der Waals surface area contributed by atoms with Crippen molar-refractivity contribution in [3.63, 3.8) is 0 Å². The van der Waals surface area contributed by atoms with Gasteiger partial charge in [0, 0.05) is 13.1 Å². The van der Waals surface area contributed by atoms with E-state index in [0.29, 0.717) is 17.2 Å². The van der Waals surface area contributed by atoms with E-state index >= 15 is 0 Å². The Balaban J connectivity index is 0.000000360. The van der Waals surface area contributed by atoms with Gasteiger partial charge in [0.1, 0.15) is 11.4 Å². The van der Waals surface area contributed by atoms with Gasteiger partial charge in [0.15, 0.2) is 0 Å². The van der Waals surface area contributed by atoms with Gasteiger partial charge in [0.25, 0.3) is 6.47 Å². The molecular weight excluding hydrogens is 259 g/mol. The molecule has 1 aromatic carbocycles. The second-order valence-electron chi connectivity index (χ2n) is 4.53. The van der Waals surface area contributed by atoms with Crippen molar-refractivity contribution in [2.24, 2.45) is 5.84 Å². The second-order valence-corrected chi connectivity index (χ2v) is 4.94. The van der Waals surface area contributed by atoms with E-state index in [1.54, 1.807) is 7.05 Å². The molecule has 2 N–H and O–H groups in total. The van der Waals surface area contributed by atoms with E-state index in [1.165, 1.54) is 23.2 Å². The monoisotopic (exact) mass is 276 g/mol. The summed E-state index contributed by atoms with van der Waals surface area (Å²) in [6, 6.07) is 4.03. The van der Waals surface area contributed by atoms with Crippen LogP contribution in [0.4, 0.5) is 10.1 Å². The highest BCUT2D eigenvalue weighted by Crippen LogP contribution is 2.23. The number of hydrogen-bond acceptors (Lipinski definition) is 4. The van der Waals surface area contributed by atoms with E-state index in [1.807, 2.05) is 20.8 Å². The molecular formula is C12H18ClFN2O2. The van der Waals surface area contributed by atoms with Gasteiger partial charge >= 0.3 is 0 Å². The molecule has 18 heavy (non-hydrogen) atoms. The maximum Gasteiger partial charge on any atom is 0.293 e. The summed E-state index contributed by atoms with van der Waals surface area (Å²) in [5, 5.41) is 1.71. The molecule has 6 heteroatoms. The molecule has 0 atom stereocenters. The summed E-state index contributed by atoms with van der Waals surface area (Å²) in [7, 11) is 1.60. The van der Waals surface area contributed by atoms with Gasteiger partial charge in [-0.05, 0) is 32.9 Å². The number of ether oxygens (including phenoxy) is 1. The summed E-state index contributed by atoms with van der Waals surface area (Å²) in [6.45, 7) is 5.92. The number of rotatable bonds is 2. The third-order valence-corrected chi connectivity index (χ3v) is 2.01. The normalized spacial score (nSPS) is 10.2. The summed E-state index contributed by atoms with van der Waals surface area (Å²) < 4.78 is 17.1. The van der Waals surface area contributed by atoms with Crippen LogP contribution in [-0.4, -0.2) is 19.1 Å². The van der Waals surface area contributed by atoms with Crippen molar-refractivity contribution in [3.8, 4) is 0 Å². The second kappa shape index (κ2) is 7.18. The van der Waals surface area contributed by atoms with E-state index in [-0.39, 0.29) is 11.4 Å².